The molecule has 1 aliphatic carbocycles. The number of likely N-dealkylation sites (tertiary alicyclic amines) is 1. The van der Waals surface area contributed by atoms with Crippen LogP contribution in [0.1, 0.15) is 74.1 Å². The monoisotopic (exact) mass is 573 g/mol. The van der Waals surface area contributed by atoms with Crippen molar-refractivity contribution in [3.63, 3.8) is 0 Å². The predicted octanol–water partition coefficient (Wildman–Crippen LogP) is 6.50. The first-order valence-electron chi connectivity index (χ1n) is 14.3. The highest BCUT2D eigenvalue weighted by atomic mass is 16.6. The van der Waals surface area contributed by atoms with Crippen molar-refractivity contribution in [2.24, 2.45) is 5.41 Å². The van der Waals surface area contributed by atoms with Crippen molar-refractivity contribution in [1.29, 1.82) is 0 Å². The Hall–Kier alpha value is -4.27. The summed E-state index contributed by atoms with van der Waals surface area (Å²) in [6.07, 6.45) is 1.28. The molecule has 2 aromatic carbocycles. The Morgan fingerprint density at radius 2 is 1.67 bits per heavy atom. The molecule has 9 heteroatoms. The number of carboxylic acid groups (broad SMARTS) is 1. The van der Waals surface area contributed by atoms with E-state index in [1.165, 1.54) is 6.07 Å². The number of piperidine rings is 1. The summed E-state index contributed by atoms with van der Waals surface area (Å²) in [6.45, 7) is 10.7. The van der Waals surface area contributed by atoms with E-state index in [1.54, 1.807) is 16.0 Å². The quantitative estimate of drug-likeness (QED) is 0.348. The van der Waals surface area contributed by atoms with Crippen LogP contribution < -0.4 is 0 Å². The van der Waals surface area contributed by atoms with Crippen LogP contribution in [0.3, 0.4) is 0 Å². The maximum Gasteiger partial charge on any atom is 0.410 e. The number of aromatic nitrogens is 1. The Balaban J connectivity index is 1.38. The summed E-state index contributed by atoms with van der Waals surface area (Å²) in [7, 11) is 0. The molecule has 0 saturated carbocycles. The fourth-order valence-corrected chi connectivity index (χ4v) is 6.23. The van der Waals surface area contributed by atoms with Gasteiger partial charge in [-0.05, 0) is 61.1 Å². The molecule has 2 amide bonds. The van der Waals surface area contributed by atoms with Gasteiger partial charge in [0.15, 0.2) is 0 Å². The Labute approximate surface area is 246 Å². The second-order valence-electron chi connectivity index (χ2n) is 12.9. The van der Waals surface area contributed by atoms with Crippen LogP contribution >= 0.6 is 0 Å². The molecule has 1 atom stereocenters. The van der Waals surface area contributed by atoms with Crippen molar-refractivity contribution >= 4 is 18.2 Å². The van der Waals surface area contributed by atoms with Gasteiger partial charge in [0.1, 0.15) is 17.9 Å². The smallest absolute Gasteiger partial charge is 0.410 e. The van der Waals surface area contributed by atoms with Gasteiger partial charge < -0.3 is 29.4 Å². The molecule has 1 aromatic heterocycles. The van der Waals surface area contributed by atoms with E-state index >= 15 is 0 Å². The summed E-state index contributed by atoms with van der Waals surface area (Å²) in [5.74, 6) is -1.16. The maximum atomic E-state index is 13.9. The molecular weight excluding hydrogens is 534 g/mol. The molecule has 1 saturated heterocycles. The van der Waals surface area contributed by atoms with Crippen LogP contribution in [-0.2, 0) is 16.0 Å². The molecule has 222 valence electrons. The maximum absolute atomic E-state index is 13.9. The number of carbonyl (C=O) groups is 3. The summed E-state index contributed by atoms with van der Waals surface area (Å²) in [4.78, 5) is 44.4. The van der Waals surface area contributed by atoms with Crippen LogP contribution in [0, 0.1) is 5.41 Å². The fraction of sp³-hybridized carbons (Fsp3) is 0.424. The largest absolute Gasteiger partial charge is 0.477 e. The highest BCUT2D eigenvalue weighted by molar-refractivity contribution is 5.85. The highest BCUT2D eigenvalue weighted by Crippen LogP contribution is 2.44. The molecule has 0 spiro atoms. The minimum Gasteiger partial charge on any atom is -0.477 e. The minimum absolute atomic E-state index is 0.0523. The van der Waals surface area contributed by atoms with Crippen LogP contribution in [0.15, 0.2) is 60.8 Å². The van der Waals surface area contributed by atoms with Gasteiger partial charge >= 0.3 is 18.2 Å². The van der Waals surface area contributed by atoms with Crippen molar-refractivity contribution in [3.05, 3.63) is 83.2 Å². The van der Waals surface area contributed by atoms with E-state index in [9.17, 15) is 19.5 Å². The number of ether oxygens (including phenoxy) is 2. The first-order valence-corrected chi connectivity index (χ1v) is 14.3. The van der Waals surface area contributed by atoms with Crippen molar-refractivity contribution in [3.8, 4) is 11.1 Å². The number of amides is 2. The first kappa shape index (κ1) is 29.2. The zero-order valence-electron chi connectivity index (χ0n) is 24.8. The summed E-state index contributed by atoms with van der Waals surface area (Å²) < 4.78 is 11.7. The lowest BCUT2D eigenvalue weighted by atomic mass is 9.78. The SMILES string of the molecule is CC(C)(C)OC(=O)N1CCC(N(Cc2c[nH]c(C(=O)O)c2)C(=O)OCC2c3ccccc3-c3ccccc32)C(C)(C)C1. The number of hydrogen-bond donors (Lipinski definition) is 2. The molecule has 2 heterocycles. The molecule has 5 rings (SSSR count). The number of aromatic amines is 1. The molecule has 9 nitrogen and oxygen atoms in total. The normalized spacial score (nSPS) is 17.7. The second kappa shape index (κ2) is 11.2. The number of aromatic carboxylic acids is 1. The van der Waals surface area contributed by atoms with E-state index in [4.69, 9.17) is 9.47 Å². The van der Waals surface area contributed by atoms with Crippen molar-refractivity contribution in [2.45, 2.75) is 65.1 Å². The van der Waals surface area contributed by atoms with E-state index in [-0.39, 0.29) is 36.9 Å². The van der Waals surface area contributed by atoms with Crippen molar-refractivity contribution in [2.75, 3.05) is 19.7 Å². The number of carboxylic acids is 1. The number of benzene rings is 2. The van der Waals surface area contributed by atoms with E-state index in [1.807, 2.05) is 58.9 Å². The standard InChI is InChI=1S/C33H39N3O6/c1-32(2,3)42-30(39)35-15-14-28(33(4,5)20-35)36(18-21-16-27(29(37)38)34-17-21)31(40)41-19-26-24-12-8-6-10-22(24)23-11-7-9-13-25(23)26/h6-13,16-17,26,28,34H,14-15,18-20H2,1-5H3,(H,37,38). The first-order chi connectivity index (χ1) is 19.8. The summed E-state index contributed by atoms with van der Waals surface area (Å²) >= 11 is 0. The van der Waals surface area contributed by atoms with Crippen molar-refractivity contribution < 1.29 is 29.0 Å². The average Bonchev–Trinajstić information content (AvgIpc) is 3.52. The molecule has 1 fully saturated rings. The average molecular weight is 574 g/mol. The van der Waals surface area contributed by atoms with Gasteiger partial charge in [-0.15, -0.1) is 0 Å². The number of nitrogens with zero attached hydrogens (tertiary/aromatic N) is 2. The Bertz CT molecular complexity index is 1440. The van der Waals surface area contributed by atoms with Gasteiger partial charge in [-0.25, -0.2) is 14.4 Å². The third-order valence-electron chi connectivity index (χ3n) is 8.10. The molecule has 0 radical (unpaired) electrons. The molecule has 42 heavy (non-hydrogen) atoms. The van der Waals surface area contributed by atoms with Gasteiger partial charge in [-0.3, -0.25) is 0 Å². The Morgan fingerprint density at radius 1 is 1.05 bits per heavy atom. The van der Waals surface area contributed by atoms with Gasteiger partial charge in [-0.1, -0.05) is 62.4 Å². The van der Waals surface area contributed by atoms with Gasteiger partial charge in [0.05, 0.1) is 6.54 Å². The number of H-pyrrole nitrogens is 1. The van der Waals surface area contributed by atoms with Crippen molar-refractivity contribution in [1.82, 2.24) is 14.8 Å². The van der Waals surface area contributed by atoms with E-state index in [2.05, 4.69) is 29.2 Å². The number of rotatable bonds is 6. The van der Waals surface area contributed by atoms with Crippen LogP contribution in [-0.4, -0.2) is 69.4 Å². The lowest BCUT2D eigenvalue weighted by Gasteiger charge is -2.48. The predicted molar refractivity (Wildman–Crippen MR) is 158 cm³/mol. The van der Waals surface area contributed by atoms with Crippen LogP contribution in [0.25, 0.3) is 11.1 Å². The van der Waals surface area contributed by atoms with E-state index in [0.29, 0.717) is 25.1 Å². The number of hydrogen-bond acceptors (Lipinski definition) is 5. The van der Waals surface area contributed by atoms with Gasteiger partial charge in [0.2, 0.25) is 0 Å². The molecule has 2 aliphatic rings. The van der Waals surface area contributed by atoms with E-state index in [0.717, 1.165) is 22.3 Å². The van der Waals surface area contributed by atoms with E-state index < -0.39 is 23.1 Å². The summed E-state index contributed by atoms with van der Waals surface area (Å²) in [5, 5.41) is 9.41. The van der Waals surface area contributed by atoms with Gasteiger partial charge in [0, 0.05) is 36.7 Å². The third kappa shape index (κ3) is 6.00. The molecule has 0 bridgehead atoms. The lowest BCUT2D eigenvalue weighted by molar-refractivity contribution is -0.0216. The third-order valence-corrected chi connectivity index (χ3v) is 8.10. The molecule has 1 unspecified atom stereocenters. The molecule has 3 aromatic rings. The summed E-state index contributed by atoms with van der Waals surface area (Å²) in [6, 6.07) is 17.6. The molecule has 2 N–H and O–H groups in total. The van der Waals surface area contributed by atoms with Gasteiger partial charge in [0.25, 0.3) is 0 Å². The lowest BCUT2D eigenvalue weighted by Crippen LogP contribution is -2.58. The molecule has 1 aliphatic heterocycles. The minimum atomic E-state index is -1.07. The fourth-order valence-electron chi connectivity index (χ4n) is 6.23. The number of nitrogens with one attached hydrogen (secondary N) is 1. The zero-order valence-corrected chi connectivity index (χ0v) is 24.8. The topological polar surface area (TPSA) is 112 Å². The Morgan fingerprint density at radius 3 is 2.21 bits per heavy atom. The molecular formula is C33H39N3O6. The highest BCUT2D eigenvalue weighted by Gasteiger charge is 2.44. The second-order valence-corrected chi connectivity index (χ2v) is 12.9. The summed E-state index contributed by atoms with van der Waals surface area (Å²) in [5.41, 5.74) is 4.16. The zero-order chi connectivity index (χ0) is 30.2. The van der Waals surface area contributed by atoms with Crippen LogP contribution in [0.2, 0.25) is 0 Å². The van der Waals surface area contributed by atoms with Crippen LogP contribution in [0.5, 0.6) is 0 Å². The number of fused-ring (bicyclic) bond motifs is 3. The van der Waals surface area contributed by atoms with Crippen LogP contribution in [0.4, 0.5) is 9.59 Å². The number of carbonyl (C=O) groups excluding carboxylic acids is 2. The Kier molecular flexibility index (Phi) is 7.79. The van der Waals surface area contributed by atoms with Gasteiger partial charge in [-0.2, -0.15) is 0 Å².